The van der Waals surface area contributed by atoms with Crippen molar-refractivity contribution in [3.05, 3.63) is 58.9 Å². The second kappa shape index (κ2) is 6.94. The van der Waals surface area contributed by atoms with Crippen molar-refractivity contribution in [2.75, 3.05) is 4.72 Å². The maximum absolute atomic E-state index is 13.3. The highest BCUT2D eigenvalue weighted by molar-refractivity contribution is 7.92. The van der Waals surface area contributed by atoms with Crippen molar-refractivity contribution in [1.29, 1.82) is 0 Å². The molecule has 0 spiro atoms. The number of carboxylic acid groups (broad SMARTS) is 1. The van der Waals surface area contributed by atoms with Gasteiger partial charge < -0.3 is 5.11 Å². The van der Waals surface area contributed by atoms with Gasteiger partial charge in [-0.3, -0.25) is 4.72 Å². The number of rotatable bonds is 5. The number of aromatic carboxylic acids is 1. The fourth-order valence-electron chi connectivity index (χ4n) is 2.25. The summed E-state index contributed by atoms with van der Waals surface area (Å²) in [4.78, 5) is 10.7. The smallest absolute Gasteiger partial charge is 0.419 e. The number of carbonyl (C=O) groups is 1. The Morgan fingerprint density at radius 3 is 2.35 bits per heavy atom. The topological polar surface area (TPSA) is 83.5 Å². The zero-order valence-electron chi connectivity index (χ0n) is 13.3. The van der Waals surface area contributed by atoms with Crippen LogP contribution >= 0.6 is 0 Å². The normalized spacial score (nSPS) is 12.0. The number of sulfonamides is 1. The molecular weight excluding hydrogens is 378 g/mol. The first-order valence-electron chi connectivity index (χ1n) is 7.21. The quantitative estimate of drug-likeness (QED) is 0.757. The number of aryl methyl sites for hydroxylation is 1. The Morgan fingerprint density at radius 1 is 1.15 bits per heavy atom. The van der Waals surface area contributed by atoms with Crippen LogP contribution in [0.3, 0.4) is 0 Å². The second-order valence-corrected chi connectivity index (χ2v) is 6.93. The van der Waals surface area contributed by atoms with Crippen molar-refractivity contribution < 1.29 is 35.9 Å². The van der Waals surface area contributed by atoms with Gasteiger partial charge in [0.2, 0.25) is 0 Å². The van der Waals surface area contributed by atoms with Gasteiger partial charge in [0.25, 0.3) is 10.0 Å². The summed E-state index contributed by atoms with van der Waals surface area (Å²) < 4.78 is 78.6. The highest BCUT2D eigenvalue weighted by atomic mass is 32.2. The third kappa shape index (κ3) is 4.13. The minimum atomic E-state index is -5.00. The van der Waals surface area contributed by atoms with E-state index < -0.39 is 39.2 Å². The fraction of sp³-hybridized carbons (Fsp3) is 0.188. The van der Waals surface area contributed by atoms with E-state index in [1.807, 2.05) is 4.72 Å². The molecule has 2 N–H and O–H groups in total. The van der Waals surface area contributed by atoms with Gasteiger partial charge in [-0.1, -0.05) is 13.0 Å². The number of hydrogen-bond acceptors (Lipinski definition) is 3. The Balaban J connectivity index is 2.50. The third-order valence-corrected chi connectivity index (χ3v) is 4.97. The van der Waals surface area contributed by atoms with Gasteiger partial charge in [0.15, 0.2) is 0 Å². The molecule has 10 heteroatoms. The van der Waals surface area contributed by atoms with E-state index in [1.54, 1.807) is 6.92 Å². The van der Waals surface area contributed by atoms with E-state index >= 15 is 0 Å². The van der Waals surface area contributed by atoms with Gasteiger partial charge in [0, 0.05) is 5.69 Å². The van der Waals surface area contributed by atoms with Crippen LogP contribution in [0.25, 0.3) is 0 Å². The highest BCUT2D eigenvalue weighted by Gasteiger charge is 2.34. The molecule has 2 rings (SSSR count). The maximum Gasteiger partial charge on any atom is 0.419 e. The summed E-state index contributed by atoms with van der Waals surface area (Å²) in [6.07, 6.45) is -4.75. The molecule has 0 radical (unpaired) electrons. The largest absolute Gasteiger partial charge is 0.478 e. The molecule has 0 saturated heterocycles. The molecule has 26 heavy (non-hydrogen) atoms. The van der Waals surface area contributed by atoms with Crippen LogP contribution in [0.1, 0.15) is 28.4 Å². The Kier molecular flexibility index (Phi) is 5.26. The van der Waals surface area contributed by atoms with Crippen LogP contribution in [0.4, 0.5) is 23.2 Å². The number of carboxylic acids is 1. The summed E-state index contributed by atoms with van der Waals surface area (Å²) in [5.74, 6) is -2.90. The van der Waals surface area contributed by atoms with E-state index in [2.05, 4.69) is 0 Å². The summed E-state index contributed by atoms with van der Waals surface area (Å²) in [7, 11) is -4.39. The Bertz CT molecular complexity index is 955. The number of alkyl halides is 3. The molecule has 140 valence electrons. The van der Waals surface area contributed by atoms with Crippen molar-refractivity contribution in [3.63, 3.8) is 0 Å². The number of hydrogen-bond donors (Lipinski definition) is 2. The van der Waals surface area contributed by atoms with Crippen molar-refractivity contribution >= 4 is 21.7 Å². The molecule has 0 aliphatic rings. The molecule has 0 heterocycles. The van der Waals surface area contributed by atoms with Crippen LogP contribution in [0.5, 0.6) is 0 Å². The van der Waals surface area contributed by atoms with Crippen molar-refractivity contribution in [2.45, 2.75) is 24.4 Å². The molecule has 0 unspecified atom stereocenters. The lowest BCUT2D eigenvalue weighted by Crippen LogP contribution is -2.17. The van der Waals surface area contributed by atoms with Gasteiger partial charge >= 0.3 is 12.1 Å². The van der Waals surface area contributed by atoms with E-state index in [4.69, 9.17) is 5.11 Å². The van der Waals surface area contributed by atoms with Crippen LogP contribution in [0, 0.1) is 5.82 Å². The molecule has 0 aromatic heterocycles. The number of nitrogens with one attached hydrogen (secondary N) is 1. The van der Waals surface area contributed by atoms with E-state index in [-0.39, 0.29) is 22.4 Å². The first-order chi connectivity index (χ1) is 12.0. The van der Waals surface area contributed by atoms with Gasteiger partial charge in [-0.05, 0) is 42.3 Å². The summed E-state index contributed by atoms with van der Waals surface area (Å²) in [5.41, 5.74) is -2.13. The van der Waals surface area contributed by atoms with Crippen LogP contribution in [-0.2, 0) is 22.6 Å². The average molecular weight is 391 g/mol. The average Bonchev–Trinajstić information content (AvgIpc) is 2.54. The third-order valence-electron chi connectivity index (χ3n) is 3.51. The molecule has 0 saturated carbocycles. The van der Waals surface area contributed by atoms with Crippen LogP contribution < -0.4 is 4.72 Å². The van der Waals surface area contributed by atoms with Gasteiger partial charge in [-0.15, -0.1) is 0 Å². The molecule has 2 aromatic carbocycles. The molecule has 2 aromatic rings. The molecule has 0 aliphatic carbocycles. The van der Waals surface area contributed by atoms with Gasteiger partial charge in [0.1, 0.15) is 5.82 Å². The number of halogens is 4. The predicted octanol–water partition coefficient (Wildman–Crippen LogP) is 3.91. The lowest BCUT2D eigenvalue weighted by molar-refractivity contribution is -0.139. The molecule has 0 atom stereocenters. The van der Waals surface area contributed by atoms with Crippen LogP contribution in [-0.4, -0.2) is 19.5 Å². The molecule has 0 amide bonds. The molecular formula is C16H13F4NO4S. The highest BCUT2D eigenvalue weighted by Crippen LogP contribution is 2.33. The number of benzene rings is 2. The van der Waals surface area contributed by atoms with Gasteiger partial charge in [0.05, 0.1) is 16.0 Å². The Labute approximate surface area is 146 Å². The SMILES string of the molecule is CCc1ccc(C(=O)O)cc1S(=O)(=O)Nc1ccc(F)c(C(F)(F)F)c1. The molecule has 5 nitrogen and oxygen atoms in total. The van der Waals surface area contributed by atoms with Gasteiger partial charge in [-0.25, -0.2) is 17.6 Å². The zero-order valence-corrected chi connectivity index (χ0v) is 14.1. The summed E-state index contributed by atoms with van der Waals surface area (Å²) >= 11 is 0. The molecule has 0 aliphatic heterocycles. The van der Waals surface area contributed by atoms with E-state index in [9.17, 15) is 30.8 Å². The lowest BCUT2D eigenvalue weighted by atomic mass is 10.1. The maximum atomic E-state index is 13.3. The van der Waals surface area contributed by atoms with Crippen molar-refractivity contribution in [3.8, 4) is 0 Å². The van der Waals surface area contributed by atoms with Crippen molar-refractivity contribution in [2.24, 2.45) is 0 Å². The van der Waals surface area contributed by atoms with Crippen LogP contribution in [0.15, 0.2) is 41.3 Å². The van der Waals surface area contributed by atoms with E-state index in [0.717, 1.165) is 12.1 Å². The van der Waals surface area contributed by atoms with Crippen LogP contribution in [0.2, 0.25) is 0 Å². The first kappa shape index (κ1) is 19.7. The summed E-state index contributed by atoms with van der Waals surface area (Å²) in [5, 5.41) is 9.00. The standard InChI is InChI=1S/C16H13F4NO4S/c1-2-9-3-4-10(15(22)23)7-14(9)26(24,25)21-11-5-6-13(17)12(8-11)16(18,19)20/h3-8,21H,2H2,1H3,(H,22,23). The fourth-order valence-corrected chi connectivity index (χ4v) is 3.63. The zero-order chi connectivity index (χ0) is 19.7. The minimum absolute atomic E-state index is 0.243. The molecule has 0 bridgehead atoms. The summed E-state index contributed by atoms with van der Waals surface area (Å²) in [6, 6.07) is 5.12. The Morgan fingerprint density at radius 2 is 1.81 bits per heavy atom. The van der Waals surface area contributed by atoms with E-state index in [1.165, 1.54) is 12.1 Å². The lowest BCUT2D eigenvalue weighted by Gasteiger charge is -2.14. The Hall–Kier alpha value is -2.62. The van der Waals surface area contributed by atoms with Gasteiger partial charge in [-0.2, -0.15) is 13.2 Å². The molecule has 0 fully saturated rings. The van der Waals surface area contributed by atoms with Crippen molar-refractivity contribution in [1.82, 2.24) is 0 Å². The monoisotopic (exact) mass is 391 g/mol. The number of anilines is 1. The summed E-state index contributed by atoms with van der Waals surface area (Å²) in [6.45, 7) is 1.63. The predicted molar refractivity (Wildman–Crippen MR) is 85.0 cm³/mol. The van der Waals surface area contributed by atoms with E-state index in [0.29, 0.717) is 12.1 Å². The minimum Gasteiger partial charge on any atom is -0.478 e. The first-order valence-corrected chi connectivity index (χ1v) is 8.70. The second-order valence-electron chi connectivity index (χ2n) is 5.28.